The van der Waals surface area contributed by atoms with E-state index in [1.54, 1.807) is 0 Å². The molecule has 90 valence electrons. The molecule has 1 saturated carbocycles. The summed E-state index contributed by atoms with van der Waals surface area (Å²) in [5, 5.41) is 0. The molecule has 1 fully saturated rings. The van der Waals surface area contributed by atoms with Gasteiger partial charge in [-0.1, -0.05) is 37.5 Å². The van der Waals surface area contributed by atoms with E-state index in [4.69, 9.17) is 0 Å². The van der Waals surface area contributed by atoms with Crippen LogP contribution in [-0.4, -0.2) is 13.0 Å². The molecule has 1 amide bonds. The van der Waals surface area contributed by atoms with E-state index in [2.05, 4.69) is 19.1 Å². The van der Waals surface area contributed by atoms with E-state index in [1.807, 2.05) is 24.1 Å². The normalized spacial score (nSPS) is 28.1. The number of nitrogens with zero attached hydrogens (tertiary/aromatic N) is 1. The van der Waals surface area contributed by atoms with Gasteiger partial charge in [-0.3, -0.25) is 4.79 Å². The number of benzene rings is 1. The summed E-state index contributed by atoms with van der Waals surface area (Å²) >= 11 is 0. The molecule has 3 rings (SSSR count). The highest BCUT2D eigenvalue weighted by atomic mass is 16.2. The monoisotopic (exact) mass is 229 g/mol. The number of hydrogen-bond acceptors (Lipinski definition) is 1. The van der Waals surface area contributed by atoms with Crippen LogP contribution in [0.5, 0.6) is 0 Å². The number of fused-ring (bicyclic) bond motifs is 1. The third-order valence-corrected chi connectivity index (χ3v) is 4.56. The van der Waals surface area contributed by atoms with Gasteiger partial charge in [-0.25, -0.2) is 0 Å². The summed E-state index contributed by atoms with van der Waals surface area (Å²) in [5.74, 6) is 1.02. The first-order valence-electron chi connectivity index (χ1n) is 6.50. The van der Waals surface area contributed by atoms with Crippen molar-refractivity contribution in [3.8, 4) is 0 Å². The Bertz CT molecular complexity index is 464. The molecule has 0 saturated heterocycles. The summed E-state index contributed by atoms with van der Waals surface area (Å²) in [6, 6.07) is 8.23. The van der Waals surface area contributed by atoms with E-state index in [9.17, 15) is 4.79 Å². The zero-order valence-corrected chi connectivity index (χ0v) is 10.6. The molecule has 1 aromatic carbocycles. The second-order valence-electron chi connectivity index (χ2n) is 5.71. The smallest absolute Gasteiger partial charge is 0.237 e. The van der Waals surface area contributed by atoms with Crippen molar-refractivity contribution in [2.45, 2.75) is 38.0 Å². The molecule has 1 aromatic rings. The molecule has 2 heteroatoms. The van der Waals surface area contributed by atoms with Crippen LogP contribution in [0.25, 0.3) is 0 Å². The van der Waals surface area contributed by atoms with Crippen LogP contribution in [0.2, 0.25) is 0 Å². The summed E-state index contributed by atoms with van der Waals surface area (Å²) in [5.41, 5.74) is 2.04. The number of likely N-dealkylation sites (N-methyl/N-ethyl adjacent to an activating group) is 1. The van der Waals surface area contributed by atoms with E-state index in [-0.39, 0.29) is 11.3 Å². The summed E-state index contributed by atoms with van der Waals surface area (Å²) < 4.78 is 0. The van der Waals surface area contributed by atoms with Gasteiger partial charge in [-0.2, -0.15) is 0 Å². The van der Waals surface area contributed by atoms with Gasteiger partial charge in [-0.15, -0.1) is 0 Å². The number of hydrogen-bond donors (Lipinski definition) is 0. The number of amides is 1. The van der Waals surface area contributed by atoms with Crippen molar-refractivity contribution in [1.29, 1.82) is 0 Å². The van der Waals surface area contributed by atoms with E-state index >= 15 is 0 Å². The molecule has 2 nitrogen and oxygen atoms in total. The molecule has 0 radical (unpaired) electrons. The van der Waals surface area contributed by atoms with Crippen molar-refractivity contribution in [3.05, 3.63) is 29.8 Å². The quantitative estimate of drug-likeness (QED) is 0.763. The number of para-hydroxylation sites is 1. The Hall–Kier alpha value is -1.31. The third kappa shape index (κ3) is 1.43. The average molecular weight is 229 g/mol. The SMILES string of the molecule is CN1C(=O)C(C)(CC2CCC2)c2ccccc21. The van der Waals surface area contributed by atoms with Gasteiger partial charge in [0.05, 0.1) is 5.41 Å². The van der Waals surface area contributed by atoms with Crippen LogP contribution in [0.15, 0.2) is 24.3 Å². The number of rotatable bonds is 2. The fourth-order valence-corrected chi connectivity index (χ4v) is 3.30. The number of carbonyl (C=O) groups is 1. The molecule has 0 aromatic heterocycles. The maximum Gasteiger partial charge on any atom is 0.237 e. The van der Waals surface area contributed by atoms with Crippen molar-refractivity contribution < 1.29 is 4.79 Å². The lowest BCUT2D eigenvalue weighted by Crippen LogP contribution is -2.38. The van der Waals surface area contributed by atoms with Crippen molar-refractivity contribution in [2.24, 2.45) is 5.92 Å². The van der Waals surface area contributed by atoms with Crippen molar-refractivity contribution in [2.75, 3.05) is 11.9 Å². The van der Waals surface area contributed by atoms with Crippen LogP contribution >= 0.6 is 0 Å². The Morgan fingerprint density at radius 3 is 2.71 bits per heavy atom. The number of anilines is 1. The second-order valence-corrected chi connectivity index (χ2v) is 5.71. The number of carbonyl (C=O) groups excluding carboxylic acids is 1. The van der Waals surface area contributed by atoms with Gasteiger partial charge in [0.1, 0.15) is 0 Å². The third-order valence-electron chi connectivity index (χ3n) is 4.56. The van der Waals surface area contributed by atoms with Crippen LogP contribution in [0.3, 0.4) is 0 Å². The minimum absolute atomic E-state index is 0.269. The van der Waals surface area contributed by atoms with Gasteiger partial charge in [0.25, 0.3) is 0 Å². The maximum atomic E-state index is 12.5. The van der Waals surface area contributed by atoms with Gasteiger partial charge < -0.3 is 4.90 Å². The molecular weight excluding hydrogens is 210 g/mol. The zero-order valence-electron chi connectivity index (χ0n) is 10.6. The van der Waals surface area contributed by atoms with Crippen LogP contribution in [0.4, 0.5) is 5.69 Å². The summed E-state index contributed by atoms with van der Waals surface area (Å²) in [6.45, 7) is 2.12. The molecule has 1 aliphatic heterocycles. The van der Waals surface area contributed by atoms with Crippen LogP contribution in [0, 0.1) is 5.92 Å². The standard InChI is InChI=1S/C15H19NO/c1-15(10-11-6-5-7-11)12-8-3-4-9-13(12)16(2)14(15)17/h3-4,8-9,11H,5-7,10H2,1-2H3. The highest BCUT2D eigenvalue weighted by Gasteiger charge is 2.47. The molecule has 1 heterocycles. The fraction of sp³-hybridized carbons (Fsp3) is 0.533. The van der Waals surface area contributed by atoms with Crippen LogP contribution < -0.4 is 4.90 Å². The lowest BCUT2D eigenvalue weighted by atomic mass is 9.70. The first-order chi connectivity index (χ1) is 8.13. The van der Waals surface area contributed by atoms with E-state index in [1.165, 1.54) is 24.8 Å². The molecule has 0 N–H and O–H groups in total. The largest absolute Gasteiger partial charge is 0.314 e. The molecule has 17 heavy (non-hydrogen) atoms. The van der Waals surface area contributed by atoms with E-state index < -0.39 is 0 Å². The summed E-state index contributed by atoms with van der Waals surface area (Å²) in [6.07, 6.45) is 4.96. The van der Waals surface area contributed by atoms with Gasteiger partial charge in [-0.05, 0) is 30.9 Å². The maximum absolute atomic E-state index is 12.5. The predicted octanol–water partition coefficient (Wildman–Crippen LogP) is 3.11. The first kappa shape index (κ1) is 10.8. The highest BCUT2D eigenvalue weighted by Crippen LogP contribution is 2.47. The molecule has 0 bridgehead atoms. The minimum Gasteiger partial charge on any atom is -0.314 e. The van der Waals surface area contributed by atoms with Crippen LogP contribution in [0.1, 0.15) is 38.2 Å². The van der Waals surface area contributed by atoms with Gasteiger partial charge >= 0.3 is 0 Å². The lowest BCUT2D eigenvalue weighted by molar-refractivity contribution is -0.123. The molecule has 1 unspecified atom stereocenters. The Balaban J connectivity index is 2.00. The molecule has 0 spiro atoms. The van der Waals surface area contributed by atoms with Crippen molar-refractivity contribution in [3.63, 3.8) is 0 Å². The molecule has 2 aliphatic rings. The van der Waals surface area contributed by atoms with Gasteiger partial charge in [0.15, 0.2) is 0 Å². The lowest BCUT2D eigenvalue weighted by Gasteiger charge is -2.33. The molecule has 1 aliphatic carbocycles. The van der Waals surface area contributed by atoms with Crippen molar-refractivity contribution in [1.82, 2.24) is 0 Å². The minimum atomic E-state index is -0.281. The Labute approximate surface area is 103 Å². The zero-order chi connectivity index (χ0) is 12.0. The summed E-state index contributed by atoms with van der Waals surface area (Å²) in [7, 11) is 1.90. The van der Waals surface area contributed by atoms with E-state index in [0.29, 0.717) is 0 Å². The second kappa shape index (κ2) is 3.59. The highest BCUT2D eigenvalue weighted by molar-refractivity contribution is 6.07. The molecular formula is C15H19NO. The average Bonchev–Trinajstić information content (AvgIpc) is 2.48. The van der Waals surface area contributed by atoms with Gasteiger partial charge in [0, 0.05) is 12.7 Å². The Morgan fingerprint density at radius 1 is 1.35 bits per heavy atom. The van der Waals surface area contributed by atoms with Crippen molar-refractivity contribution >= 4 is 11.6 Å². The topological polar surface area (TPSA) is 20.3 Å². The predicted molar refractivity (Wildman–Crippen MR) is 69.2 cm³/mol. The van der Waals surface area contributed by atoms with Gasteiger partial charge in [0.2, 0.25) is 5.91 Å². The van der Waals surface area contributed by atoms with Crippen LogP contribution in [-0.2, 0) is 10.2 Å². The molecule has 1 atom stereocenters. The Kier molecular flexibility index (Phi) is 2.29. The van der Waals surface area contributed by atoms with E-state index in [0.717, 1.165) is 18.0 Å². The summed E-state index contributed by atoms with van der Waals surface area (Å²) in [4.78, 5) is 14.3. The fourth-order valence-electron chi connectivity index (χ4n) is 3.30. The Morgan fingerprint density at radius 2 is 2.06 bits per heavy atom. The first-order valence-corrected chi connectivity index (χ1v) is 6.50.